The second-order valence-corrected chi connectivity index (χ2v) is 5.74. The molecule has 0 atom stereocenters. The normalized spacial score (nSPS) is 9.96. The first kappa shape index (κ1) is 20.3. The molecule has 0 aliphatic carbocycles. The highest BCUT2D eigenvalue weighted by molar-refractivity contribution is 9.10. The van der Waals surface area contributed by atoms with Crippen LogP contribution in [0.15, 0.2) is 22.7 Å². The van der Waals surface area contributed by atoms with Gasteiger partial charge in [-0.3, -0.25) is 25.8 Å². The Balaban J connectivity index is 2.45. The summed E-state index contributed by atoms with van der Waals surface area (Å²) in [4.78, 5) is 23.6. The number of nitrogens with one attached hydrogen (secondary N) is 3. The third-order valence-corrected chi connectivity index (χ3v) is 3.54. The van der Waals surface area contributed by atoms with E-state index < -0.39 is 5.91 Å². The van der Waals surface area contributed by atoms with Crippen LogP contribution in [0.5, 0.6) is 5.75 Å². The fraction of sp³-hybridized carbons (Fsp3) is 0.400. The predicted molar refractivity (Wildman–Crippen MR) is 97.8 cm³/mol. The lowest BCUT2D eigenvalue weighted by molar-refractivity contribution is -0.122. The Hall–Kier alpha value is -1.71. The van der Waals surface area contributed by atoms with E-state index in [0.717, 1.165) is 0 Å². The van der Waals surface area contributed by atoms with Crippen LogP contribution in [0.25, 0.3) is 0 Å². The Morgan fingerprint density at radius 2 is 1.96 bits per heavy atom. The molecule has 0 heterocycles. The summed E-state index contributed by atoms with van der Waals surface area (Å²) in [6.07, 6.45) is 0.198. The number of halogens is 1. The minimum Gasteiger partial charge on any atom is -0.493 e. The molecule has 2 amide bonds. The van der Waals surface area contributed by atoms with E-state index in [9.17, 15) is 9.59 Å². The number of benzene rings is 1. The number of rotatable bonds is 7. The van der Waals surface area contributed by atoms with Gasteiger partial charge in [0.25, 0.3) is 5.91 Å². The molecule has 0 saturated carbocycles. The summed E-state index contributed by atoms with van der Waals surface area (Å²) in [5, 5.41) is 2.47. The van der Waals surface area contributed by atoms with Crippen LogP contribution in [0.1, 0.15) is 30.6 Å². The first-order chi connectivity index (χ1) is 11.5. The average Bonchev–Trinajstić information content (AvgIpc) is 2.55. The van der Waals surface area contributed by atoms with Crippen molar-refractivity contribution in [2.75, 3.05) is 19.8 Å². The van der Waals surface area contributed by atoms with Crippen LogP contribution in [0.2, 0.25) is 0 Å². The molecule has 0 fully saturated rings. The van der Waals surface area contributed by atoms with Gasteiger partial charge in [-0.1, -0.05) is 0 Å². The summed E-state index contributed by atoms with van der Waals surface area (Å²) in [6.45, 7) is 5.12. The molecule has 24 heavy (non-hydrogen) atoms. The van der Waals surface area contributed by atoms with Gasteiger partial charge in [-0.05, 0) is 60.2 Å². The van der Waals surface area contributed by atoms with Crippen LogP contribution in [0.3, 0.4) is 0 Å². The number of hydrogen-bond donors (Lipinski definition) is 3. The second-order valence-electron chi connectivity index (χ2n) is 4.48. The average molecular weight is 418 g/mol. The highest BCUT2D eigenvalue weighted by Gasteiger charge is 2.11. The Morgan fingerprint density at radius 3 is 2.58 bits per heavy atom. The van der Waals surface area contributed by atoms with Crippen LogP contribution >= 0.6 is 28.1 Å². The summed E-state index contributed by atoms with van der Waals surface area (Å²) >= 11 is 8.30. The fourth-order valence-electron chi connectivity index (χ4n) is 1.62. The van der Waals surface area contributed by atoms with Crippen molar-refractivity contribution in [1.29, 1.82) is 0 Å². The van der Waals surface area contributed by atoms with Gasteiger partial charge in [0, 0.05) is 12.2 Å². The SMILES string of the molecule is CCOCCC(=O)NNC(=S)NC(=O)c1ccc(OCC)c(Br)c1. The Labute approximate surface area is 154 Å². The molecule has 1 rings (SSSR count). The van der Waals surface area contributed by atoms with E-state index in [4.69, 9.17) is 21.7 Å². The highest BCUT2D eigenvalue weighted by atomic mass is 79.9. The number of carbonyl (C=O) groups is 2. The van der Waals surface area contributed by atoms with Crippen LogP contribution < -0.4 is 20.9 Å². The lowest BCUT2D eigenvalue weighted by Gasteiger charge is -2.11. The van der Waals surface area contributed by atoms with Crippen LogP contribution in [0, 0.1) is 0 Å². The van der Waals surface area contributed by atoms with Crippen molar-refractivity contribution in [1.82, 2.24) is 16.2 Å². The van der Waals surface area contributed by atoms with Crippen molar-refractivity contribution in [3.63, 3.8) is 0 Å². The minimum atomic E-state index is -0.403. The van der Waals surface area contributed by atoms with E-state index >= 15 is 0 Å². The monoisotopic (exact) mass is 417 g/mol. The van der Waals surface area contributed by atoms with Gasteiger partial charge in [-0.15, -0.1) is 0 Å². The molecule has 0 aliphatic rings. The minimum absolute atomic E-state index is 0.00485. The molecule has 0 bridgehead atoms. The first-order valence-corrected chi connectivity index (χ1v) is 8.58. The number of hydrogen-bond acceptors (Lipinski definition) is 5. The molecule has 132 valence electrons. The van der Waals surface area contributed by atoms with E-state index in [-0.39, 0.29) is 17.4 Å². The second kappa shape index (κ2) is 11.0. The van der Waals surface area contributed by atoms with Crippen molar-refractivity contribution in [3.05, 3.63) is 28.2 Å². The first-order valence-electron chi connectivity index (χ1n) is 7.38. The zero-order valence-corrected chi connectivity index (χ0v) is 15.9. The summed E-state index contributed by atoms with van der Waals surface area (Å²) in [6, 6.07) is 4.94. The smallest absolute Gasteiger partial charge is 0.257 e. The van der Waals surface area contributed by atoms with Crippen molar-refractivity contribution in [3.8, 4) is 5.75 Å². The van der Waals surface area contributed by atoms with Crippen molar-refractivity contribution < 1.29 is 19.1 Å². The summed E-state index contributed by atoms with van der Waals surface area (Å²) < 4.78 is 11.1. The molecule has 1 aromatic carbocycles. The third-order valence-electron chi connectivity index (χ3n) is 2.71. The number of thiocarbonyl (C=S) groups is 1. The fourth-order valence-corrected chi connectivity index (χ4v) is 2.26. The maximum Gasteiger partial charge on any atom is 0.257 e. The summed E-state index contributed by atoms with van der Waals surface area (Å²) in [7, 11) is 0. The molecule has 0 spiro atoms. The number of ether oxygens (including phenoxy) is 2. The quantitative estimate of drug-likeness (QED) is 0.356. The molecule has 0 radical (unpaired) electrons. The molecule has 9 heteroatoms. The van der Waals surface area contributed by atoms with Gasteiger partial charge in [0.05, 0.1) is 24.1 Å². The van der Waals surface area contributed by atoms with Crippen molar-refractivity contribution >= 4 is 45.1 Å². The molecule has 0 unspecified atom stereocenters. The largest absolute Gasteiger partial charge is 0.493 e. The van der Waals surface area contributed by atoms with E-state index in [1.54, 1.807) is 18.2 Å². The lowest BCUT2D eigenvalue weighted by Crippen LogP contribution is -2.48. The molecule has 0 aromatic heterocycles. The number of hydrazine groups is 1. The zero-order valence-electron chi connectivity index (χ0n) is 13.5. The number of amides is 2. The van der Waals surface area contributed by atoms with Gasteiger partial charge in [0.15, 0.2) is 5.11 Å². The van der Waals surface area contributed by atoms with Crippen molar-refractivity contribution in [2.45, 2.75) is 20.3 Å². The van der Waals surface area contributed by atoms with E-state index in [1.807, 2.05) is 13.8 Å². The molecule has 3 N–H and O–H groups in total. The Kier molecular flexibility index (Phi) is 9.28. The van der Waals surface area contributed by atoms with Crippen LogP contribution in [-0.4, -0.2) is 36.7 Å². The van der Waals surface area contributed by atoms with E-state index in [0.29, 0.717) is 35.6 Å². The molecular formula is C15H20BrN3O4S. The molecule has 7 nitrogen and oxygen atoms in total. The standard InChI is InChI=1S/C15H20BrN3O4S/c1-3-22-8-7-13(20)18-19-15(24)17-14(21)10-5-6-12(23-4-2)11(16)9-10/h5-6,9H,3-4,7-8H2,1-2H3,(H,18,20)(H2,17,19,21,24). The summed E-state index contributed by atoms with van der Waals surface area (Å²) in [5.41, 5.74) is 5.25. The highest BCUT2D eigenvalue weighted by Crippen LogP contribution is 2.25. The van der Waals surface area contributed by atoms with Crippen molar-refractivity contribution in [2.24, 2.45) is 0 Å². The topological polar surface area (TPSA) is 88.7 Å². The van der Waals surface area contributed by atoms with E-state index in [1.165, 1.54) is 0 Å². The molecule has 0 saturated heterocycles. The molecule has 1 aromatic rings. The molecule has 0 aliphatic heterocycles. The van der Waals surface area contributed by atoms with Crippen LogP contribution in [0.4, 0.5) is 0 Å². The van der Waals surface area contributed by atoms with Gasteiger partial charge in [-0.2, -0.15) is 0 Å². The maximum absolute atomic E-state index is 12.1. The Morgan fingerprint density at radius 1 is 1.21 bits per heavy atom. The van der Waals surface area contributed by atoms with Gasteiger partial charge >= 0.3 is 0 Å². The lowest BCUT2D eigenvalue weighted by atomic mass is 10.2. The maximum atomic E-state index is 12.1. The van der Waals surface area contributed by atoms with Crippen LogP contribution in [-0.2, 0) is 9.53 Å². The number of carbonyl (C=O) groups excluding carboxylic acids is 2. The van der Waals surface area contributed by atoms with Gasteiger partial charge in [0.2, 0.25) is 5.91 Å². The summed E-state index contributed by atoms with van der Waals surface area (Å²) in [5.74, 6) is -0.0417. The zero-order chi connectivity index (χ0) is 17.9. The van der Waals surface area contributed by atoms with E-state index in [2.05, 4.69) is 32.1 Å². The third kappa shape index (κ3) is 7.24. The molecular weight excluding hydrogens is 398 g/mol. The van der Waals surface area contributed by atoms with Gasteiger partial charge in [-0.25, -0.2) is 0 Å². The van der Waals surface area contributed by atoms with Gasteiger partial charge < -0.3 is 9.47 Å². The van der Waals surface area contributed by atoms with Gasteiger partial charge in [0.1, 0.15) is 5.75 Å². The Bertz CT molecular complexity index is 598. The predicted octanol–water partition coefficient (Wildman–Crippen LogP) is 1.91.